The number of thioether (sulfide) groups is 1. The molecule has 2 aromatic carbocycles. The molecule has 1 aromatic heterocycles. The van der Waals surface area contributed by atoms with Gasteiger partial charge in [0.25, 0.3) is 10.9 Å². The van der Waals surface area contributed by atoms with Gasteiger partial charge in [-0.1, -0.05) is 45.9 Å². The molecule has 0 bridgehead atoms. The zero-order chi connectivity index (χ0) is 20.1. The van der Waals surface area contributed by atoms with E-state index in [9.17, 15) is 14.9 Å². The van der Waals surface area contributed by atoms with Crippen molar-refractivity contribution in [1.29, 1.82) is 0 Å². The number of non-ortho nitro benzene ring substituents is 1. The predicted molar refractivity (Wildman–Crippen MR) is 108 cm³/mol. The van der Waals surface area contributed by atoms with E-state index in [4.69, 9.17) is 4.42 Å². The zero-order valence-corrected chi connectivity index (χ0v) is 17.1. The van der Waals surface area contributed by atoms with Gasteiger partial charge < -0.3 is 9.73 Å². The normalized spacial score (nSPS) is 10.6. The molecular weight excluding hydrogens is 448 g/mol. The van der Waals surface area contributed by atoms with E-state index in [1.165, 1.54) is 12.1 Å². The first-order chi connectivity index (χ1) is 13.4. The van der Waals surface area contributed by atoms with Crippen molar-refractivity contribution in [2.24, 2.45) is 0 Å². The molecule has 28 heavy (non-hydrogen) atoms. The van der Waals surface area contributed by atoms with Gasteiger partial charge in [-0.3, -0.25) is 14.9 Å². The van der Waals surface area contributed by atoms with Crippen LogP contribution in [0.4, 0.5) is 11.4 Å². The third-order valence-corrected chi connectivity index (χ3v) is 5.10. The van der Waals surface area contributed by atoms with Gasteiger partial charge in [0.2, 0.25) is 11.8 Å². The number of amides is 1. The monoisotopic (exact) mass is 462 g/mol. The highest BCUT2D eigenvalue weighted by atomic mass is 79.9. The Bertz CT molecular complexity index is 1010. The van der Waals surface area contributed by atoms with E-state index in [2.05, 4.69) is 31.4 Å². The minimum Gasteiger partial charge on any atom is -0.416 e. The van der Waals surface area contributed by atoms with Crippen molar-refractivity contribution in [3.8, 4) is 0 Å². The minimum absolute atomic E-state index is 0.0437. The van der Waals surface area contributed by atoms with Crippen molar-refractivity contribution in [3.63, 3.8) is 0 Å². The van der Waals surface area contributed by atoms with E-state index in [1.807, 2.05) is 24.3 Å². The Morgan fingerprint density at radius 1 is 1.25 bits per heavy atom. The molecule has 0 unspecified atom stereocenters. The van der Waals surface area contributed by atoms with E-state index >= 15 is 0 Å². The summed E-state index contributed by atoms with van der Waals surface area (Å²) in [7, 11) is 0. The van der Waals surface area contributed by atoms with Crippen molar-refractivity contribution >= 4 is 45.0 Å². The average molecular weight is 463 g/mol. The summed E-state index contributed by atoms with van der Waals surface area (Å²) in [6, 6.07) is 12.1. The molecule has 8 nitrogen and oxygen atoms in total. The van der Waals surface area contributed by atoms with Gasteiger partial charge in [-0.25, -0.2) is 0 Å². The maximum absolute atomic E-state index is 12.2. The topological polar surface area (TPSA) is 111 Å². The van der Waals surface area contributed by atoms with Crippen LogP contribution in [0.25, 0.3) is 0 Å². The first-order valence-electron chi connectivity index (χ1n) is 8.15. The van der Waals surface area contributed by atoms with Gasteiger partial charge in [0.05, 0.1) is 22.8 Å². The largest absolute Gasteiger partial charge is 0.416 e. The second kappa shape index (κ2) is 8.98. The number of carbonyl (C=O) groups excluding carboxylic acids is 1. The van der Waals surface area contributed by atoms with Gasteiger partial charge in [0, 0.05) is 16.6 Å². The highest BCUT2D eigenvalue weighted by Gasteiger charge is 2.13. The molecule has 0 fully saturated rings. The number of rotatable bonds is 7. The third-order valence-electron chi connectivity index (χ3n) is 3.75. The van der Waals surface area contributed by atoms with Crippen molar-refractivity contribution in [1.82, 2.24) is 10.2 Å². The van der Waals surface area contributed by atoms with Crippen LogP contribution in [-0.2, 0) is 11.2 Å². The van der Waals surface area contributed by atoms with Crippen LogP contribution >= 0.6 is 27.7 Å². The fourth-order valence-corrected chi connectivity index (χ4v) is 3.16. The van der Waals surface area contributed by atoms with Crippen molar-refractivity contribution < 1.29 is 14.1 Å². The number of benzene rings is 2. The second-order valence-corrected chi connectivity index (χ2v) is 7.70. The first kappa shape index (κ1) is 20.0. The average Bonchev–Trinajstić information content (AvgIpc) is 3.11. The van der Waals surface area contributed by atoms with Gasteiger partial charge in [-0.15, -0.1) is 10.2 Å². The Balaban J connectivity index is 1.55. The summed E-state index contributed by atoms with van der Waals surface area (Å²) in [5.41, 5.74) is 2.09. The first-order valence-corrected chi connectivity index (χ1v) is 9.93. The third kappa shape index (κ3) is 5.40. The summed E-state index contributed by atoms with van der Waals surface area (Å²) in [5, 5.41) is 21.7. The predicted octanol–water partition coefficient (Wildman–Crippen LogP) is 4.37. The molecule has 0 saturated carbocycles. The van der Waals surface area contributed by atoms with Gasteiger partial charge in [-0.05, 0) is 30.2 Å². The number of nitrogens with zero attached hydrogens (tertiary/aromatic N) is 3. The van der Waals surface area contributed by atoms with Gasteiger partial charge in [0.1, 0.15) is 0 Å². The highest BCUT2D eigenvalue weighted by molar-refractivity contribution is 9.10. The molecule has 1 heterocycles. The molecule has 0 aliphatic carbocycles. The summed E-state index contributed by atoms with van der Waals surface area (Å²) in [5.74, 6) is 0.184. The van der Waals surface area contributed by atoms with Gasteiger partial charge in [0.15, 0.2) is 0 Å². The van der Waals surface area contributed by atoms with Gasteiger partial charge >= 0.3 is 0 Å². The number of nitro groups is 1. The molecular formula is C18H15BrN4O4S. The molecule has 0 radical (unpaired) electrons. The lowest BCUT2D eigenvalue weighted by molar-refractivity contribution is -0.384. The Labute approximate surface area is 173 Å². The van der Waals surface area contributed by atoms with E-state index in [0.717, 1.165) is 27.4 Å². The van der Waals surface area contributed by atoms with Crippen LogP contribution in [0, 0.1) is 17.0 Å². The maximum Gasteiger partial charge on any atom is 0.277 e. The van der Waals surface area contributed by atoms with E-state index < -0.39 is 4.92 Å². The molecule has 0 spiro atoms. The Morgan fingerprint density at radius 3 is 2.71 bits per heavy atom. The van der Waals surface area contributed by atoms with E-state index in [-0.39, 0.29) is 22.6 Å². The Morgan fingerprint density at radius 2 is 2.00 bits per heavy atom. The lowest BCUT2D eigenvalue weighted by atomic mass is 10.2. The van der Waals surface area contributed by atoms with Crippen LogP contribution in [0.15, 0.2) is 56.6 Å². The molecule has 0 saturated heterocycles. The smallest absolute Gasteiger partial charge is 0.277 e. The molecule has 3 rings (SSSR count). The molecule has 3 aromatic rings. The Hall–Kier alpha value is -2.72. The molecule has 0 atom stereocenters. The maximum atomic E-state index is 12.2. The minimum atomic E-state index is -0.505. The lowest BCUT2D eigenvalue weighted by Gasteiger charge is -2.07. The molecule has 1 N–H and O–H groups in total. The fraction of sp³-hybridized carbons (Fsp3) is 0.167. The van der Waals surface area contributed by atoms with Crippen LogP contribution in [0.5, 0.6) is 0 Å². The summed E-state index contributed by atoms with van der Waals surface area (Å²) in [6.07, 6.45) is 0.500. The quantitative estimate of drug-likeness (QED) is 0.315. The van der Waals surface area contributed by atoms with Crippen molar-refractivity contribution in [2.45, 2.75) is 18.6 Å². The number of nitrogens with one attached hydrogen (secondary N) is 1. The molecule has 144 valence electrons. The van der Waals surface area contributed by atoms with Crippen LogP contribution in [0.1, 0.15) is 17.0 Å². The summed E-state index contributed by atoms with van der Waals surface area (Å²) < 4.78 is 6.54. The lowest BCUT2D eigenvalue weighted by Crippen LogP contribution is -2.15. The summed E-state index contributed by atoms with van der Waals surface area (Å²) in [4.78, 5) is 22.5. The number of carbonyl (C=O) groups is 1. The zero-order valence-electron chi connectivity index (χ0n) is 14.7. The summed E-state index contributed by atoms with van der Waals surface area (Å²) >= 11 is 4.49. The summed E-state index contributed by atoms with van der Waals surface area (Å²) in [6.45, 7) is 1.76. The van der Waals surface area contributed by atoms with Gasteiger partial charge in [-0.2, -0.15) is 0 Å². The van der Waals surface area contributed by atoms with Crippen molar-refractivity contribution in [3.05, 3.63) is 74.1 Å². The van der Waals surface area contributed by atoms with Crippen LogP contribution in [0.2, 0.25) is 0 Å². The number of halogens is 1. The standard InChI is InChI=1S/C18H15BrN4O4S/c1-11-2-7-14(23(25)26)9-15(11)20-16(24)10-28-18-22-21-17(27-18)8-12-3-5-13(19)6-4-12/h2-7,9H,8,10H2,1H3,(H,20,24). The van der Waals surface area contributed by atoms with Crippen LogP contribution in [-0.4, -0.2) is 26.8 Å². The van der Waals surface area contributed by atoms with Crippen molar-refractivity contribution in [2.75, 3.05) is 11.1 Å². The van der Waals surface area contributed by atoms with E-state index in [0.29, 0.717) is 18.0 Å². The number of aryl methyl sites for hydroxylation is 1. The molecule has 1 amide bonds. The SMILES string of the molecule is Cc1ccc([N+](=O)[O-])cc1NC(=O)CSc1nnc(Cc2ccc(Br)cc2)o1. The second-order valence-electron chi connectivity index (χ2n) is 5.86. The number of nitro benzene ring substituents is 1. The molecule has 0 aliphatic heterocycles. The highest BCUT2D eigenvalue weighted by Crippen LogP contribution is 2.23. The Kier molecular flexibility index (Phi) is 6.42. The number of aromatic nitrogens is 2. The number of hydrogen-bond acceptors (Lipinski definition) is 7. The van der Waals surface area contributed by atoms with Crippen LogP contribution in [0.3, 0.4) is 0 Å². The fourth-order valence-electron chi connectivity index (χ4n) is 2.32. The number of hydrogen-bond donors (Lipinski definition) is 1. The van der Waals surface area contributed by atoms with Crippen LogP contribution < -0.4 is 5.32 Å². The van der Waals surface area contributed by atoms with E-state index in [1.54, 1.807) is 13.0 Å². The number of anilines is 1. The molecule has 10 heteroatoms. The molecule has 0 aliphatic rings.